The highest BCUT2D eigenvalue weighted by Gasteiger charge is 2.04. The maximum atomic E-state index is 11.6. The van der Waals surface area contributed by atoms with Crippen LogP contribution in [0.1, 0.15) is 25.3 Å². The zero-order valence-electron chi connectivity index (χ0n) is 9.81. The molecule has 0 saturated heterocycles. The first-order valence-corrected chi connectivity index (χ1v) is 5.50. The zero-order valence-corrected chi connectivity index (χ0v) is 9.81. The maximum absolute atomic E-state index is 11.6. The second-order valence-electron chi connectivity index (χ2n) is 4.20. The summed E-state index contributed by atoms with van der Waals surface area (Å²) in [6, 6.07) is 8.76. The van der Waals surface area contributed by atoms with Crippen LogP contribution in [-0.2, 0) is 0 Å². The van der Waals surface area contributed by atoms with Crippen molar-refractivity contribution in [1.82, 2.24) is 9.55 Å². The Balaban J connectivity index is 2.55. The highest BCUT2D eigenvalue weighted by atomic mass is 16.2. The molecule has 0 bridgehead atoms. The normalized spacial score (nSPS) is 10.8. The molecule has 4 nitrogen and oxygen atoms in total. The molecule has 2 rings (SSSR count). The number of benzene rings is 1. The van der Waals surface area contributed by atoms with Gasteiger partial charge in [0.2, 0.25) is 0 Å². The monoisotopic (exact) mass is 230 g/mol. The van der Waals surface area contributed by atoms with Gasteiger partial charge in [-0.2, -0.15) is 0 Å². The van der Waals surface area contributed by atoms with Crippen LogP contribution in [0, 0.1) is 0 Å². The summed E-state index contributed by atoms with van der Waals surface area (Å²) < 4.78 is 1.12. The SMILES string of the molecule is CC(C)c1ccc(-n2c(=O)cc[nH]c2=O)cc1. The quantitative estimate of drug-likeness (QED) is 0.852. The lowest BCUT2D eigenvalue weighted by Crippen LogP contribution is -2.32. The Morgan fingerprint density at radius 2 is 1.71 bits per heavy atom. The molecular weight excluding hydrogens is 216 g/mol. The van der Waals surface area contributed by atoms with Crippen molar-refractivity contribution in [2.45, 2.75) is 19.8 Å². The largest absolute Gasteiger partial charge is 0.332 e. The van der Waals surface area contributed by atoms with Gasteiger partial charge in [0, 0.05) is 12.3 Å². The molecular formula is C13H14N2O2. The Morgan fingerprint density at radius 3 is 2.24 bits per heavy atom. The summed E-state index contributed by atoms with van der Waals surface area (Å²) in [5.74, 6) is 0.426. The van der Waals surface area contributed by atoms with Crippen molar-refractivity contribution in [2.75, 3.05) is 0 Å². The molecule has 0 atom stereocenters. The van der Waals surface area contributed by atoms with Crippen LogP contribution in [0.4, 0.5) is 0 Å². The second kappa shape index (κ2) is 4.41. The summed E-state index contributed by atoms with van der Waals surface area (Å²) in [7, 11) is 0. The molecule has 17 heavy (non-hydrogen) atoms. The number of nitrogens with one attached hydrogen (secondary N) is 1. The number of hydrogen-bond donors (Lipinski definition) is 1. The van der Waals surface area contributed by atoms with Gasteiger partial charge < -0.3 is 4.98 Å². The van der Waals surface area contributed by atoms with Crippen LogP contribution in [0.25, 0.3) is 5.69 Å². The summed E-state index contributed by atoms with van der Waals surface area (Å²) >= 11 is 0. The van der Waals surface area contributed by atoms with Crippen LogP contribution in [0.15, 0.2) is 46.1 Å². The van der Waals surface area contributed by atoms with Crippen molar-refractivity contribution < 1.29 is 0 Å². The van der Waals surface area contributed by atoms with E-state index < -0.39 is 5.69 Å². The van der Waals surface area contributed by atoms with Crippen LogP contribution in [0.3, 0.4) is 0 Å². The summed E-state index contributed by atoms with van der Waals surface area (Å²) in [6.45, 7) is 4.19. The van der Waals surface area contributed by atoms with Crippen LogP contribution < -0.4 is 11.2 Å². The molecule has 0 radical (unpaired) electrons. The average molecular weight is 230 g/mol. The standard InChI is InChI=1S/C13H14N2O2/c1-9(2)10-3-5-11(6-4-10)15-12(16)7-8-14-13(15)17/h3-9H,1-2H3,(H,14,17). The molecule has 0 amide bonds. The van der Waals surface area contributed by atoms with E-state index in [1.54, 1.807) is 12.1 Å². The van der Waals surface area contributed by atoms with Gasteiger partial charge in [0.15, 0.2) is 0 Å². The second-order valence-corrected chi connectivity index (χ2v) is 4.20. The predicted molar refractivity (Wildman–Crippen MR) is 66.7 cm³/mol. The molecule has 88 valence electrons. The third kappa shape index (κ3) is 2.20. The third-order valence-corrected chi connectivity index (χ3v) is 2.67. The van der Waals surface area contributed by atoms with E-state index in [2.05, 4.69) is 18.8 Å². The molecule has 0 fully saturated rings. The molecule has 0 aliphatic heterocycles. The van der Waals surface area contributed by atoms with Crippen molar-refractivity contribution in [2.24, 2.45) is 0 Å². The molecule has 1 aromatic carbocycles. The zero-order chi connectivity index (χ0) is 12.4. The number of aromatic nitrogens is 2. The summed E-state index contributed by atoms with van der Waals surface area (Å²) in [4.78, 5) is 25.7. The molecule has 4 heteroatoms. The molecule has 1 heterocycles. The number of aromatic amines is 1. The minimum Gasteiger partial charge on any atom is -0.314 e. The van der Waals surface area contributed by atoms with Gasteiger partial charge in [-0.15, -0.1) is 0 Å². The van der Waals surface area contributed by atoms with Crippen LogP contribution in [-0.4, -0.2) is 9.55 Å². The summed E-state index contributed by atoms with van der Waals surface area (Å²) in [6.07, 6.45) is 1.35. The highest BCUT2D eigenvalue weighted by Crippen LogP contribution is 2.15. The Kier molecular flexibility index (Phi) is 2.95. The first-order chi connectivity index (χ1) is 8.09. The fourth-order valence-corrected chi connectivity index (χ4v) is 1.68. The number of nitrogens with zero attached hydrogens (tertiary/aromatic N) is 1. The fraction of sp³-hybridized carbons (Fsp3) is 0.231. The smallest absolute Gasteiger partial charge is 0.314 e. The molecule has 0 spiro atoms. The van der Waals surface area contributed by atoms with Gasteiger partial charge in [-0.25, -0.2) is 9.36 Å². The van der Waals surface area contributed by atoms with Crippen molar-refractivity contribution in [3.05, 3.63) is 62.9 Å². The lowest BCUT2D eigenvalue weighted by atomic mass is 10.0. The van der Waals surface area contributed by atoms with E-state index >= 15 is 0 Å². The van der Waals surface area contributed by atoms with E-state index in [-0.39, 0.29) is 5.56 Å². The Morgan fingerprint density at radius 1 is 1.06 bits per heavy atom. The van der Waals surface area contributed by atoms with Crippen LogP contribution in [0.5, 0.6) is 0 Å². The van der Waals surface area contributed by atoms with Gasteiger partial charge in [-0.1, -0.05) is 26.0 Å². The molecule has 0 aliphatic carbocycles. The predicted octanol–water partition coefficient (Wildman–Crippen LogP) is 1.65. The van der Waals surface area contributed by atoms with Gasteiger partial charge in [-0.05, 0) is 23.6 Å². The average Bonchev–Trinajstić information content (AvgIpc) is 2.29. The number of hydrogen-bond acceptors (Lipinski definition) is 2. The Bertz CT molecular complexity index is 593. The van der Waals surface area contributed by atoms with E-state index in [4.69, 9.17) is 0 Å². The van der Waals surface area contributed by atoms with Gasteiger partial charge in [0.25, 0.3) is 5.56 Å². The highest BCUT2D eigenvalue weighted by molar-refractivity contribution is 5.35. The minimum atomic E-state index is -0.421. The van der Waals surface area contributed by atoms with Gasteiger partial charge in [0.1, 0.15) is 0 Å². The van der Waals surface area contributed by atoms with Crippen LogP contribution in [0.2, 0.25) is 0 Å². The molecule has 2 aromatic rings. The lowest BCUT2D eigenvalue weighted by Gasteiger charge is -2.07. The Labute approximate surface area is 98.6 Å². The van der Waals surface area contributed by atoms with Crippen molar-refractivity contribution >= 4 is 0 Å². The van der Waals surface area contributed by atoms with Gasteiger partial charge >= 0.3 is 5.69 Å². The fourth-order valence-electron chi connectivity index (χ4n) is 1.68. The molecule has 1 aromatic heterocycles. The lowest BCUT2D eigenvalue weighted by molar-refractivity contribution is 0.853. The molecule has 0 aliphatic rings. The molecule has 1 N–H and O–H groups in total. The van der Waals surface area contributed by atoms with Crippen molar-refractivity contribution in [3.8, 4) is 5.69 Å². The molecule has 0 unspecified atom stereocenters. The van der Waals surface area contributed by atoms with Crippen molar-refractivity contribution in [1.29, 1.82) is 0 Å². The summed E-state index contributed by atoms with van der Waals surface area (Å²) in [5, 5.41) is 0. The van der Waals surface area contributed by atoms with Gasteiger partial charge in [0.05, 0.1) is 5.69 Å². The topological polar surface area (TPSA) is 54.9 Å². The van der Waals surface area contributed by atoms with E-state index in [1.165, 1.54) is 17.8 Å². The van der Waals surface area contributed by atoms with E-state index in [0.717, 1.165) is 4.57 Å². The number of H-pyrrole nitrogens is 1. The van der Waals surface area contributed by atoms with E-state index in [1.807, 2.05) is 12.1 Å². The minimum absolute atomic E-state index is 0.328. The number of rotatable bonds is 2. The van der Waals surface area contributed by atoms with Crippen molar-refractivity contribution in [3.63, 3.8) is 0 Å². The van der Waals surface area contributed by atoms with E-state index in [0.29, 0.717) is 11.6 Å². The Hall–Kier alpha value is -2.10. The van der Waals surface area contributed by atoms with Crippen LogP contribution >= 0.6 is 0 Å². The maximum Gasteiger partial charge on any atom is 0.332 e. The summed E-state index contributed by atoms with van der Waals surface area (Å²) in [5.41, 5.74) is 1.01. The third-order valence-electron chi connectivity index (χ3n) is 2.67. The van der Waals surface area contributed by atoms with Gasteiger partial charge in [-0.3, -0.25) is 4.79 Å². The first-order valence-electron chi connectivity index (χ1n) is 5.50. The van der Waals surface area contributed by atoms with E-state index in [9.17, 15) is 9.59 Å². The molecule has 0 saturated carbocycles. The first kappa shape index (κ1) is 11.4.